The van der Waals surface area contributed by atoms with Crippen molar-refractivity contribution in [1.82, 2.24) is 24.1 Å². The van der Waals surface area contributed by atoms with Gasteiger partial charge in [-0.3, -0.25) is 15.0 Å². The molecule has 0 saturated carbocycles. The van der Waals surface area contributed by atoms with Crippen molar-refractivity contribution >= 4 is 66.7 Å². The molecule has 218 valence electrons. The molecule has 9 aromatic rings. The molecule has 0 aliphatic heterocycles. The van der Waals surface area contributed by atoms with Gasteiger partial charge in [0.25, 0.3) is 0 Å². The van der Waals surface area contributed by atoms with Crippen molar-refractivity contribution in [3.63, 3.8) is 0 Å². The summed E-state index contributed by atoms with van der Waals surface area (Å²) in [4.78, 5) is 13.3. The number of fused-ring (bicyclic) bond motifs is 6. The summed E-state index contributed by atoms with van der Waals surface area (Å²) in [5.41, 5.74) is 6.37. The Morgan fingerprint density at radius 1 is 0.413 bits per heavy atom. The van der Waals surface area contributed by atoms with Gasteiger partial charge >= 0.3 is 0 Å². The Balaban J connectivity index is 1.28. The van der Waals surface area contributed by atoms with Crippen LogP contribution < -0.4 is 15.9 Å². The van der Waals surface area contributed by atoms with Crippen molar-refractivity contribution in [2.75, 3.05) is 0 Å². The van der Waals surface area contributed by atoms with Crippen LogP contribution in [0.25, 0.3) is 55.0 Å². The standard InChI is InChI=1S/C39H26N5OP/c45-46(29-9-7-19-40-24-29,30-10-8-20-41-25-30)31-21-28(23-42-26-31)44-38-16-6-3-13-34(38)35-22-27(17-18-39(35)44)43-36-14-4-1-11-32(36)33-12-2-5-15-37(33)43/h1-26H. The van der Waals surface area contributed by atoms with Crippen molar-refractivity contribution in [3.05, 3.63) is 159 Å². The molecule has 0 bridgehead atoms. The van der Waals surface area contributed by atoms with E-state index in [1.807, 2.05) is 36.5 Å². The second-order valence-corrected chi connectivity index (χ2v) is 14.1. The molecular formula is C39H26N5OP. The Labute approximate surface area is 264 Å². The first kappa shape index (κ1) is 26.6. The number of hydrogen-bond donors (Lipinski definition) is 0. The number of pyridine rings is 3. The molecule has 0 fully saturated rings. The maximum absolute atomic E-state index is 15.1. The molecule has 6 nitrogen and oxygen atoms in total. The first-order valence-electron chi connectivity index (χ1n) is 15.1. The lowest BCUT2D eigenvalue weighted by Gasteiger charge is -2.20. The molecule has 0 aliphatic rings. The lowest BCUT2D eigenvalue weighted by atomic mass is 10.1. The van der Waals surface area contributed by atoms with Crippen LogP contribution in [0.5, 0.6) is 0 Å². The summed E-state index contributed by atoms with van der Waals surface area (Å²) in [7, 11) is -3.32. The van der Waals surface area contributed by atoms with Gasteiger partial charge in [-0.2, -0.15) is 0 Å². The molecule has 9 rings (SSSR count). The molecule has 0 radical (unpaired) electrons. The molecule has 0 amide bonds. The predicted molar refractivity (Wildman–Crippen MR) is 188 cm³/mol. The molecule has 0 aliphatic carbocycles. The second-order valence-electron chi connectivity index (χ2n) is 11.4. The summed E-state index contributed by atoms with van der Waals surface area (Å²) < 4.78 is 19.7. The Kier molecular flexibility index (Phi) is 5.99. The van der Waals surface area contributed by atoms with Gasteiger partial charge < -0.3 is 13.7 Å². The van der Waals surface area contributed by atoms with Gasteiger partial charge in [-0.15, -0.1) is 0 Å². The maximum Gasteiger partial charge on any atom is 0.175 e. The fourth-order valence-corrected chi connectivity index (χ4v) is 9.30. The maximum atomic E-state index is 15.1. The van der Waals surface area contributed by atoms with E-state index in [0.717, 1.165) is 33.2 Å². The van der Waals surface area contributed by atoms with Crippen LogP contribution in [0.2, 0.25) is 0 Å². The quantitative estimate of drug-likeness (QED) is 0.187. The number of benzene rings is 4. The third-order valence-corrected chi connectivity index (χ3v) is 11.8. The SMILES string of the molecule is O=P(c1cccnc1)(c1cccnc1)c1cncc(-n2c3ccccc3c3cc(-n4c5ccccc5c5ccccc54)ccc32)c1. The van der Waals surface area contributed by atoms with Crippen LogP contribution in [0.1, 0.15) is 0 Å². The molecule has 46 heavy (non-hydrogen) atoms. The minimum atomic E-state index is -3.32. The summed E-state index contributed by atoms with van der Waals surface area (Å²) >= 11 is 0. The molecule has 0 atom stereocenters. The molecule has 5 aromatic heterocycles. The fraction of sp³-hybridized carbons (Fsp3) is 0. The zero-order valence-corrected chi connectivity index (χ0v) is 25.5. The minimum Gasteiger partial charge on any atom is -0.309 e. The summed E-state index contributed by atoms with van der Waals surface area (Å²) in [6.07, 6.45) is 10.3. The van der Waals surface area contributed by atoms with E-state index >= 15 is 4.57 Å². The van der Waals surface area contributed by atoms with E-state index in [1.54, 1.807) is 31.0 Å². The minimum absolute atomic E-state index is 0.624. The summed E-state index contributed by atoms with van der Waals surface area (Å²) in [5.74, 6) is 0. The second kappa shape index (κ2) is 10.4. The molecule has 0 spiro atoms. The van der Waals surface area contributed by atoms with E-state index in [0.29, 0.717) is 15.9 Å². The molecule has 4 aromatic carbocycles. The Bertz CT molecular complexity index is 2530. The van der Waals surface area contributed by atoms with Gasteiger partial charge in [-0.1, -0.05) is 54.6 Å². The summed E-state index contributed by atoms with van der Waals surface area (Å²) in [6, 6.07) is 41.6. The van der Waals surface area contributed by atoms with E-state index in [2.05, 4.69) is 115 Å². The number of nitrogens with zero attached hydrogens (tertiary/aromatic N) is 5. The van der Waals surface area contributed by atoms with Crippen molar-refractivity contribution in [2.24, 2.45) is 0 Å². The van der Waals surface area contributed by atoms with E-state index in [-0.39, 0.29) is 0 Å². The van der Waals surface area contributed by atoms with Crippen LogP contribution in [-0.4, -0.2) is 24.1 Å². The molecular weight excluding hydrogens is 585 g/mol. The van der Waals surface area contributed by atoms with E-state index in [9.17, 15) is 0 Å². The average Bonchev–Trinajstić information content (AvgIpc) is 3.65. The predicted octanol–water partition coefficient (Wildman–Crippen LogP) is 7.71. The van der Waals surface area contributed by atoms with Crippen molar-refractivity contribution < 1.29 is 4.57 Å². The van der Waals surface area contributed by atoms with E-state index in [1.165, 1.54) is 21.8 Å². The average molecular weight is 612 g/mol. The number of rotatable bonds is 5. The van der Waals surface area contributed by atoms with Gasteiger partial charge in [0.05, 0.1) is 34.0 Å². The Morgan fingerprint density at radius 3 is 1.48 bits per heavy atom. The summed E-state index contributed by atoms with van der Waals surface area (Å²) in [5, 5.41) is 6.63. The van der Waals surface area contributed by atoms with Gasteiger partial charge in [0.15, 0.2) is 7.14 Å². The zero-order chi connectivity index (χ0) is 30.7. The number of aromatic nitrogens is 5. The molecule has 0 N–H and O–H groups in total. The van der Waals surface area contributed by atoms with E-state index in [4.69, 9.17) is 0 Å². The third kappa shape index (κ3) is 3.91. The van der Waals surface area contributed by atoms with Gasteiger partial charge in [-0.25, -0.2) is 0 Å². The lowest BCUT2D eigenvalue weighted by Crippen LogP contribution is -2.26. The topological polar surface area (TPSA) is 65.6 Å². The lowest BCUT2D eigenvalue weighted by molar-refractivity contribution is 0.592. The van der Waals surface area contributed by atoms with E-state index < -0.39 is 7.14 Å². The van der Waals surface area contributed by atoms with Crippen LogP contribution in [-0.2, 0) is 4.57 Å². The van der Waals surface area contributed by atoms with Crippen molar-refractivity contribution in [2.45, 2.75) is 0 Å². The molecule has 7 heteroatoms. The number of para-hydroxylation sites is 3. The molecule has 0 unspecified atom stereocenters. The number of hydrogen-bond acceptors (Lipinski definition) is 4. The first-order chi connectivity index (χ1) is 22.7. The first-order valence-corrected chi connectivity index (χ1v) is 16.8. The van der Waals surface area contributed by atoms with Crippen LogP contribution in [0, 0.1) is 0 Å². The van der Waals surface area contributed by atoms with Crippen LogP contribution >= 0.6 is 7.14 Å². The van der Waals surface area contributed by atoms with Crippen molar-refractivity contribution in [1.29, 1.82) is 0 Å². The fourth-order valence-electron chi connectivity index (χ4n) is 6.82. The zero-order valence-electron chi connectivity index (χ0n) is 24.6. The largest absolute Gasteiger partial charge is 0.309 e. The third-order valence-electron chi connectivity index (χ3n) is 8.84. The highest BCUT2D eigenvalue weighted by Crippen LogP contribution is 2.43. The molecule has 0 saturated heterocycles. The molecule has 5 heterocycles. The monoisotopic (exact) mass is 611 g/mol. The summed E-state index contributed by atoms with van der Waals surface area (Å²) in [6.45, 7) is 0. The van der Waals surface area contributed by atoms with Crippen molar-refractivity contribution in [3.8, 4) is 11.4 Å². The Hall–Kier alpha value is -5.84. The highest BCUT2D eigenvalue weighted by molar-refractivity contribution is 7.85. The van der Waals surface area contributed by atoms with Crippen LogP contribution in [0.3, 0.4) is 0 Å². The smallest absolute Gasteiger partial charge is 0.175 e. The van der Waals surface area contributed by atoms with Crippen LogP contribution in [0.4, 0.5) is 0 Å². The van der Waals surface area contributed by atoms with Gasteiger partial charge in [-0.05, 0) is 66.7 Å². The highest BCUT2D eigenvalue weighted by Gasteiger charge is 2.31. The highest BCUT2D eigenvalue weighted by atomic mass is 31.2. The van der Waals surface area contributed by atoms with Crippen LogP contribution in [0.15, 0.2) is 159 Å². The Morgan fingerprint density at radius 2 is 0.913 bits per heavy atom. The normalized spacial score (nSPS) is 12.0. The van der Waals surface area contributed by atoms with Gasteiger partial charge in [0.1, 0.15) is 0 Å². The van der Waals surface area contributed by atoms with Gasteiger partial charge in [0, 0.05) is 74.1 Å². The van der Waals surface area contributed by atoms with Gasteiger partial charge in [0.2, 0.25) is 0 Å².